The maximum Gasteiger partial charge on any atom is 0.407 e. The minimum atomic E-state index is -0.876. The van der Waals surface area contributed by atoms with Crippen LogP contribution < -0.4 is 11.1 Å². The Labute approximate surface area is 136 Å². The molecule has 1 saturated carbocycles. The number of amides is 1. The van der Waals surface area contributed by atoms with E-state index in [1.807, 2.05) is 30.3 Å². The summed E-state index contributed by atoms with van der Waals surface area (Å²) in [6, 6.07) is 9.53. The van der Waals surface area contributed by atoms with Crippen LogP contribution in [-0.4, -0.2) is 31.3 Å². The lowest BCUT2D eigenvalue weighted by molar-refractivity contribution is -0.148. The van der Waals surface area contributed by atoms with E-state index in [2.05, 4.69) is 5.32 Å². The number of hydrogen-bond acceptors (Lipinski definition) is 5. The van der Waals surface area contributed by atoms with Crippen molar-refractivity contribution < 1.29 is 19.1 Å². The SMILES string of the molecule is COC(=O)C1(N)CCC(CNC(=O)OCc2ccccc2)CC1. The van der Waals surface area contributed by atoms with Gasteiger partial charge in [0.2, 0.25) is 0 Å². The Bertz CT molecular complexity index is 525. The van der Waals surface area contributed by atoms with E-state index in [1.165, 1.54) is 7.11 Å². The Morgan fingerprint density at radius 3 is 2.52 bits per heavy atom. The van der Waals surface area contributed by atoms with Gasteiger partial charge in [-0.1, -0.05) is 30.3 Å². The number of carbonyl (C=O) groups excluding carboxylic acids is 2. The molecule has 1 aromatic carbocycles. The molecule has 0 aliphatic heterocycles. The van der Waals surface area contributed by atoms with Crippen molar-refractivity contribution in [1.82, 2.24) is 5.32 Å². The zero-order chi connectivity index (χ0) is 16.7. The summed E-state index contributed by atoms with van der Waals surface area (Å²) in [5, 5.41) is 2.78. The van der Waals surface area contributed by atoms with E-state index in [0.29, 0.717) is 25.3 Å². The van der Waals surface area contributed by atoms with Gasteiger partial charge in [-0.05, 0) is 37.2 Å². The zero-order valence-corrected chi connectivity index (χ0v) is 13.4. The first kappa shape index (κ1) is 17.3. The smallest absolute Gasteiger partial charge is 0.407 e. The van der Waals surface area contributed by atoms with Gasteiger partial charge in [0.1, 0.15) is 12.1 Å². The van der Waals surface area contributed by atoms with Gasteiger partial charge in [0.15, 0.2) is 0 Å². The summed E-state index contributed by atoms with van der Waals surface area (Å²) in [5.74, 6) is -0.0493. The molecule has 0 aromatic heterocycles. The number of methoxy groups -OCH3 is 1. The summed E-state index contributed by atoms with van der Waals surface area (Å²) in [6.07, 6.45) is 2.29. The van der Waals surface area contributed by atoms with E-state index in [1.54, 1.807) is 0 Å². The highest BCUT2D eigenvalue weighted by atomic mass is 16.5. The van der Waals surface area contributed by atoms with Crippen molar-refractivity contribution >= 4 is 12.1 Å². The summed E-state index contributed by atoms with van der Waals surface area (Å²) >= 11 is 0. The highest BCUT2D eigenvalue weighted by Gasteiger charge is 2.39. The van der Waals surface area contributed by atoms with Crippen LogP contribution in [0.3, 0.4) is 0 Å². The van der Waals surface area contributed by atoms with Gasteiger partial charge in [-0.15, -0.1) is 0 Å². The highest BCUT2D eigenvalue weighted by Crippen LogP contribution is 2.30. The number of rotatable bonds is 5. The van der Waals surface area contributed by atoms with Crippen LogP contribution >= 0.6 is 0 Å². The Hall–Kier alpha value is -2.08. The lowest BCUT2D eigenvalue weighted by Gasteiger charge is -2.34. The summed E-state index contributed by atoms with van der Waals surface area (Å²) < 4.78 is 9.91. The minimum Gasteiger partial charge on any atom is -0.468 e. The quantitative estimate of drug-likeness (QED) is 0.810. The molecule has 1 fully saturated rings. The van der Waals surface area contributed by atoms with Crippen molar-refractivity contribution in [2.45, 2.75) is 37.8 Å². The van der Waals surface area contributed by atoms with Crippen molar-refractivity contribution in [3.63, 3.8) is 0 Å². The average molecular weight is 320 g/mol. The van der Waals surface area contributed by atoms with Crippen LogP contribution in [0.15, 0.2) is 30.3 Å². The molecule has 6 heteroatoms. The van der Waals surface area contributed by atoms with E-state index in [9.17, 15) is 9.59 Å². The molecular formula is C17H24N2O4. The van der Waals surface area contributed by atoms with Gasteiger partial charge < -0.3 is 20.5 Å². The average Bonchev–Trinajstić information content (AvgIpc) is 2.59. The molecule has 126 valence electrons. The maximum atomic E-state index is 11.7. The predicted octanol–water partition coefficient (Wildman–Crippen LogP) is 1.97. The van der Waals surface area contributed by atoms with Crippen LogP contribution in [-0.2, 0) is 20.9 Å². The molecule has 6 nitrogen and oxygen atoms in total. The fourth-order valence-corrected chi connectivity index (χ4v) is 2.81. The molecule has 1 aliphatic rings. The monoisotopic (exact) mass is 320 g/mol. The van der Waals surface area contributed by atoms with Gasteiger partial charge in [-0.25, -0.2) is 4.79 Å². The summed E-state index contributed by atoms with van der Waals surface area (Å²) in [6.45, 7) is 0.788. The molecule has 0 bridgehead atoms. The molecular weight excluding hydrogens is 296 g/mol. The Kier molecular flexibility index (Phi) is 5.98. The number of nitrogens with one attached hydrogen (secondary N) is 1. The van der Waals surface area contributed by atoms with Crippen molar-refractivity contribution in [2.75, 3.05) is 13.7 Å². The highest BCUT2D eigenvalue weighted by molar-refractivity contribution is 5.80. The maximum absolute atomic E-state index is 11.7. The number of alkyl carbamates (subject to hydrolysis) is 1. The Balaban J connectivity index is 1.67. The van der Waals surface area contributed by atoms with Gasteiger partial charge in [-0.3, -0.25) is 4.79 Å². The number of benzene rings is 1. The molecule has 23 heavy (non-hydrogen) atoms. The largest absolute Gasteiger partial charge is 0.468 e. The first-order valence-electron chi connectivity index (χ1n) is 7.85. The third-order valence-electron chi connectivity index (χ3n) is 4.34. The van der Waals surface area contributed by atoms with Crippen LogP contribution in [0.4, 0.5) is 4.79 Å². The van der Waals surface area contributed by atoms with E-state index >= 15 is 0 Å². The van der Waals surface area contributed by atoms with E-state index in [-0.39, 0.29) is 12.6 Å². The Morgan fingerprint density at radius 1 is 1.26 bits per heavy atom. The molecule has 0 spiro atoms. The molecule has 1 aromatic rings. The first-order chi connectivity index (χ1) is 11.0. The van der Waals surface area contributed by atoms with Crippen LogP contribution in [0.25, 0.3) is 0 Å². The van der Waals surface area contributed by atoms with E-state index < -0.39 is 11.6 Å². The summed E-state index contributed by atoms with van der Waals surface area (Å²) in [5.41, 5.74) is 6.13. The van der Waals surface area contributed by atoms with Gasteiger partial charge in [0.25, 0.3) is 0 Å². The van der Waals surface area contributed by atoms with Crippen molar-refractivity contribution in [1.29, 1.82) is 0 Å². The molecule has 0 radical (unpaired) electrons. The van der Waals surface area contributed by atoms with Crippen molar-refractivity contribution in [2.24, 2.45) is 11.7 Å². The van der Waals surface area contributed by atoms with Gasteiger partial charge >= 0.3 is 12.1 Å². The summed E-state index contributed by atoms with van der Waals surface area (Å²) in [4.78, 5) is 23.4. The number of hydrogen-bond donors (Lipinski definition) is 2. The molecule has 0 atom stereocenters. The predicted molar refractivity (Wildman–Crippen MR) is 85.5 cm³/mol. The second kappa shape index (κ2) is 7.97. The minimum absolute atomic E-state index is 0.256. The summed E-state index contributed by atoms with van der Waals surface area (Å²) in [7, 11) is 1.35. The van der Waals surface area contributed by atoms with E-state index in [4.69, 9.17) is 15.2 Å². The molecule has 0 heterocycles. The second-order valence-corrected chi connectivity index (χ2v) is 6.03. The van der Waals surface area contributed by atoms with Gasteiger partial charge in [0, 0.05) is 6.54 Å². The van der Waals surface area contributed by atoms with Crippen molar-refractivity contribution in [3.05, 3.63) is 35.9 Å². The Morgan fingerprint density at radius 2 is 1.91 bits per heavy atom. The number of ether oxygens (including phenoxy) is 2. The molecule has 0 saturated heterocycles. The number of esters is 1. The number of carbonyl (C=O) groups is 2. The molecule has 1 aliphatic carbocycles. The molecule has 2 rings (SSSR count). The lowest BCUT2D eigenvalue weighted by atomic mass is 9.77. The van der Waals surface area contributed by atoms with Crippen LogP contribution in [0.2, 0.25) is 0 Å². The fourth-order valence-electron chi connectivity index (χ4n) is 2.81. The fraction of sp³-hybridized carbons (Fsp3) is 0.529. The van der Waals surface area contributed by atoms with Gasteiger partial charge in [0.05, 0.1) is 7.11 Å². The third kappa shape index (κ3) is 4.96. The van der Waals surface area contributed by atoms with Crippen LogP contribution in [0.5, 0.6) is 0 Å². The van der Waals surface area contributed by atoms with E-state index in [0.717, 1.165) is 18.4 Å². The standard InChI is InChI=1S/C17H24N2O4/c1-22-15(20)17(18)9-7-13(8-10-17)11-19-16(21)23-12-14-5-3-2-4-6-14/h2-6,13H,7-12,18H2,1H3,(H,19,21). The topological polar surface area (TPSA) is 90.6 Å². The number of nitrogens with two attached hydrogens (primary N) is 1. The second-order valence-electron chi connectivity index (χ2n) is 6.03. The van der Waals surface area contributed by atoms with Crippen molar-refractivity contribution in [3.8, 4) is 0 Å². The molecule has 1 amide bonds. The first-order valence-corrected chi connectivity index (χ1v) is 7.85. The third-order valence-corrected chi connectivity index (χ3v) is 4.34. The van der Waals surface area contributed by atoms with Crippen LogP contribution in [0, 0.1) is 5.92 Å². The molecule has 3 N–H and O–H groups in total. The lowest BCUT2D eigenvalue weighted by Crippen LogP contribution is -2.51. The van der Waals surface area contributed by atoms with Crippen LogP contribution in [0.1, 0.15) is 31.2 Å². The van der Waals surface area contributed by atoms with Gasteiger partial charge in [-0.2, -0.15) is 0 Å². The zero-order valence-electron chi connectivity index (χ0n) is 13.4. The normalized spacial score (nSPS) is 23.8. The molecule has 0 unspecified atom stereocenters.